The van der Waals surface area contributed by atoms with Crippen LogP contribution in [0.2, 0.25) is 19.6 Å². The number of nitrogens with zero attached hydrogens (tertiary/aromatic N) is 1. The third kappa shape index (κ3) is 7.26. The highest BCUT2D eigenvalue weighted by Gasteiger charge is 2.25. The SMILES string of the molecule is Cc1cc(C2=CC=C([Si](C)(C)C)CN2)cc(N(c2cc(C)cc(C3C=CC(C(C)S(C)(=O)=O)=CN3)c2)c2c(C)cc(C)cc2C)c1. The molecule has 5 rings (SSSR count). The Morgan fingerprint density at radius 3 is 1.98 bits per heavy atom. The Kier molecular flexibility index (Phi) is 9.31. The summed E-state index contributed by atoms with van der Waals surface area (Å²) in [5.74, 6) is 0. The van der Waals surface area contributed by atoms with Crippen LogP contribution >= 0.6 is 0 Å². The number of anilines is 3. The van der Waals surface area contributed by atoms with Crippen LogP contribution in [0.15, 0.2) is 89.8 Å². The molecule has 0 fully saturated rings. The van der Waals surface area contributed by atoms with Gasteiger partial charge in [0.2, 0.25) is 0 Å². The number of rotatable bonds is 8. The molecule has 2 unspecified atom stereocenters. The fourth-order valence-corrected chi connectivity index (χ4v) is 8.33. The van der Waals surface area contributed by atoms with Crippen molar-refractivity contribution in [3.8, 4) is 0 Å². The summed E-state index contributed by atoms with van der Waals surface area (Å²) in [6.07, 6.45) is 11.7. The molecule has 5 nitrogen and oxygen atoms in total. The van der Waals surface area contributed by atoms with E-state index in [-0.39, 0.29) is 6.04 Å². The van der Waals surface area contributed by atoms with E-state index in [0.29, 0.717) is 0 Å². The minimum absolute atomic E-state index is 0.0757. The van der Waals surface area contributed by atoms with E-state index in [4.69, 9.17) is 0 Å². The van der Waals surface area contributed by atoms with Gasteiger partial charge < -0.3 is 15.5 Å². The van der Waals surface area contributed by atoms with Gasteiger partial charge in [-0.1, -0.05) is 66.8 Å². The maximum atomic E-state index is 12.2. The topological polar surface area (TPSA) is 61.4 Å². The van der Waals surface area contributed by atoms with Gasteiger partial charge in [0.1, 0.15) is 0 Å². The highest BCUT2D eigenvalue weighted by Crippen LogP contribution is 2.42. The monoisotopic (exact) mass is 651 g/mol. The molecule has 0 bridgehead atoms. The van der Waals surface area contributed by atoms with E-state index in [1.54, 1.807) is 6.92 Å². The lowest BCUT2D eigenvalue weighted by molar-refractivity contribution is 0.595. The Morgan fingerprint density at radius 1 is 0.826 bits per heavy atom. The molecule has 0 amide bonds. The number of aryl methyl sites for hydroxylation is 5. The van der Waals surface area contributed by atoms with E-state index < -0.39 is 23.2 Å². The zero-order chi connectivity index (χ0) is 33.6. The van der Waals surface area contributed by atoms with E-state index in [1.165, 1.54) is 45.0 Å². The minimum atomic E-state index is -3.18. The van der Waals surface area contributed by atoms with Gasteiger partial charge in [-0.2, -0.15) is 0 Å². The molecule has 0 aromatic heterocycles. The molecule has 0 radical (unpaired) electrons. The van der Waals surface area contributed by atoms with Gasteiger partial charge >= 0.3 is 0 Å². The van der Waals surface area contributed by atoms with Gasteiger partial charge in [-0.3, -0.25) is 0 Å². The van der Waals surface area contributed by atoms with Crippen molar-refractivity contribution in [2.45, 2.75) is 72.5 Å². The second-order valence-corrected chi connectivity index (χ2v) is 21.7. The molecule has 7 heteroatoms. The van der Waals surface area contributed by atoms with E-state index in [9.17, 15) is 8.42 Å². The molecular weight excluding hydrogens is 603 g/mol. The Hall–Kier alpha value is -3.81. The van der Waals surface area contributed by atoms with Gasteiger partial charge in [0.05, 0.1) is 25.1 Å². The number of dihydropyridines is 2. The number of hydrogen-bond donors (Lipinski definition) is 2. The predicted octanol–water partition coefficient (Wildman–Crippen LogP) is 8.96. The summed E-state index contributed by atoms with van der Waals surface area (Å²) in [7, 11) is -4.55. The largest absolute Gasteiger partial charge is 0.381 e. The molecule has 3 aromatic carbocycles. The van der Waals surface area contributed by atoms with Crippen LogP contribution in [0.25, 0.3) is 5.70 Å². The van der Waals surface area contributed by atoms with Gasteiger partial charge in [0.25, 0.3) is 0 Å². The number of allylic oxidation sites excluding steroid dienone is 3. The molecule has 0 saturated heterocycles. The normalized spacial score (nSPS) is 17.3. The average Bonchev–Trinajstić information content (AvgIpc) is 2.97. The first-order chi connectivity index (χ1) is 21.5. The van der Waals surface area contributed by atoms with Crippen LogP contribution < -0.4 is 15.5 Å². The van der Waals surface area contributed by atoms with Crippen LogP contribution in [0, 0.1) is 34.6 Å². The maximum absolute atomic E-state index is 12.2. The Labute approximate surface area is 277 Å². The lowest BCUT2D eigenvalue weighted by Gasteiger charge is -2.32. The fourth-order valence-electron chi connectivity index (χ4n) is 6.49. The van der Waals surface area contributed by atoms with Crippen LogP contribution in [-0.2, 0) is 9.84 Å². The first-order valence-corrected chi connectivity index (χ1v) is 21.6. The summed E-state index contributed by atoms with van der Waals surface area (Å²) in [5.41, 5.74) is 13.6. The molecule has 2 aliphatic rings. The van der Waals surface area contributed by atoms with Crippen molar-refractivity contribution in [3.63, 3.8) is 0 Å². The van der Waals surface area contributed by atoms with Crippen molar-refractivity contribution in [1.29, 1.82) is 0 Å². The lowest BCUT2D eigenvalue weighted by Crippen LogP contribution is -2.33. The summed E-state index contributed by atoms with van der Waals surface area (Å²) in [4.78, 5) is 2.41. The summed E-state index contributed by atoms with van der Waals surface area (Å²) < 4.78 is 24.4. The maximum Gasteiger partial charge on any atom is 0.154 e. The van der Waals surface area contributed by atoms with Crippen LogP contribution in [0.1, 0.15) is 51.9 Å². The highest BCUT2D eigenvalue weighted by molar-refractivity contribution is 7.91. The number of benzene rings is 3. The first-order valence-electron chi connectivity index (χ1n) is 16.1. The van der Waals surface area contributed by atoms with Crippen LogP contribution in [0.4, 0.5) is 17.1 Å². The Bertz CT molecular complexity index is 1890. The van der Waals surface area contributed by atoms with Crippen molar-refractivity contribution >= 4 is 40.7 Å². The second-order valence-electron chi connectivity index (χ2n) is 14.2. The van der Waals surface area contributed by atoms with E-state index in [2.05, 4.69) is 137 Å². The highest BCUT2D eigenvalue weighted by atomic mass is 32.2. The zero-order valence-corrected chi connectivity index (χ0v) is 30.9. The molecule has 2 aliphatic heterocycles. The zero-order valence-electron chi connectivity index (χ0n) is 29.0. The molecule has 0 aliphatic carbocycles. The molecule has 2 N–H and O–H groups in total. The van der Waals surface area contributed by atoms with Crippen molar-refractivity contribution in [2.24, 2.45) is 0 Å². The van der Waals surface area contributed by atoms with Gasteiger partial charge in [0.15, 0.2) is 9.84 Å². The average molecular weight is 652 g/mol. The first kappa shape index (κ1) is 33.5. The van der Waals surface area contributed by atoms with Crippen LogP contribution in [0.5, 0.6) is 0 Å². The number of hydrogen-bond acceptors (Lipinski definition) is 5. The quantitative estimate of drug-likeness (QED) is 0.238. The van der Waals surface area contributed by atoms with Gasteiger partial charge in [0, 0.05) is 36.1 Å². The van der Waals surface area contributed by atoms with Crippen LogP contribution in [0.3, 0.4) is 0 Å². The number of nitrogens with one attached hydrogen (secondary N) is 2. The van der Waals surface area contributed by atoms with E-state index in [0.717, 1.165) is 40.3 Å². The van der Waals surface area contributed by atoms with Crippen molar-refractivity contribution < 1.29 is 8.42 Å². The molecule has 46 heavy (non-hydrogen) atoms. The molecule has 0 saturated carbocycles. The molecule has 2 atom stereocenters. The summed E-state index contributed by atoms with van der Waals surface area (Å²) >= 11 is 0. The molecular formula is C39H49N3O2SSi. The van der Waals surface area contributed by atoms with Gasteiger partial charge in [-0.25, -0.2) is 8.42 Å². The van der Waals surface area contributed by atoms with Crippen molar-refractivity contribution in [3.05, 3.63) is 129 Å². The molecule has 3 aromatic rings. The third-order valence-corrected chi connectivity index (χ3v) is 12.9. The fraction of sp³-hybridized carbons (Fsp3) is 0.333. The lowest BCUT2D eigenvalue weighted by atomic mass is 9.97. The van der Waals surface area contributed by atoms with E-state index in [1.807, 2.05) is 12.3 Å². The van der Waals surface area contributed by atoms with Crippen molar-refractivity contribution in [1.82, 2.24) is 10.6 Å². The Morgan fingerprint density at radius 2 is 1.43 bits per heavy atom. The van der Waals surface area contributed by atoms with Gasteiger partial charge in [-0.05, 0) is 117 Å². The number of sulfone groups is 1. The molecule has 0 spiro atoms. The summed E-state index contributed by atoms with van der Waals surface area (Å²) in [5, 5.41) is 8.16. The second kappa shape index (κ2) is 12.8. The third-order valence-electron chi connectivity index (χ3n) is 9.10. The predicted molar refractivity (Wildman–Crippen MR) is 200 cm³/mol. The summed E-state index contributed by atoms with van der Waals surface area (Å²) in [6.45, 7) is 20.7. The minimum Gasteiger partial charge on any atom is -0.381 e. The van der Waals surface area contributed by atoms with E-state index >= 15 is 0 Å². The standard InChI is InChI=1S/C39H49N3O2SSi/c1-25-15-28(4)39(29(5)16-25)42(35-20-27(3)18-33(22-35)38-14-12-36(24-41-38)46(8,9)10)34-19-26(2)17-32(21-34)37-13-11-31(23-40-37)30(6)45(7,43)44/h11-23,30,37,40-41H,24H2,1-10H3. The smallest absolute Gasteiger partial charge is 0.154 e. The molecule has 242 valence electrons. The van der Waals surface area contributed by atoms with Crippen molar-refractivity contribution in [2.75, 3.05) is 17.7 Å². The van der Waals surface area contributed by atoms with Gasteiger partial charge in [-0.15, -0.1) is 0 Å². The van der Waals surface area contributed by atoms with Crippen LogP contribution in [-0.4, -0.2) is 34.5 Å². The summed E-state index contributed by atoms with van der Waals surface area (Å²) in [6, 6.07) is 18.0. The molecule has 2 heterocycles. The Balaban J connectivity index is 1.62.